The number of amides is 3. The molecule has 0 saturated carbocycles. The van der Waals surface area contributed by atoms with Gasteiger partial charge in [-0.15, -0.1) is 0 Å². The van der Waals surface area contributed by atoms with Crippen molar-refractivity contribution >= 4 is 40.8 Å². The number of urea groups is 1. The molecule has 2 N–H and O–H groups in total. The van der Waals surface area contributed by atoms with Crippen molar-refractivity contribution < 1.29 is 19.1 Å². The van der Waals surface area contributed by atoms with Crippen LogP contribution in [0, 0.1) is 0 Å². The van der Waals surface area contributed by atoms with Gasteiger partial charge in [-0.25, -0.2) is 4.79 Å². The maximum Gasteiger partial charge on any atom is 0.317 e. The first-order chi connectivity index (χ1) is 13.3. The van der Waals surface area contributed by atoms with Gasteiger partial charge in [-0.05, 0) is 35.9 Å². The quantitative estimate of drug-likeness (QED) is 0.706. The number of methoxy groups -OCH3 is 2. The van der Waals surface area contributed by atoms with Gasteiger partial charge in [0.25, 0.3) is 0 Å². The first-order valence-electron chi connectivity index (χ1n) is 8.28. The van der Waals surface area contributed by atoms with E-state index < -0.39 is 0 Å². The van der Waals surface area contributed by atoms with Crippen LogP contribution in [0.2, 0.25) is 10.0 Å². The van der Waals surface area contributed by atoms with Gasteiger partial charge in [-0.2, -0.15) is 0 Å². The molecule has 2 aromatic carbocycles. The summed E-state index contributed by atoms with van der Waals surface area (Å²) in [6, 6.07) is 9.71. The summed E-state index contributed by atoms with van der Waals surface area (Å²) in [5, 5.41) is 6.14. The van der Waals surface area contributed by atoms with Crippen molar-refractivity contribution in [3.05, 3.63) is 52.0 Å². The summed E-state index contributed by atoms with van der Waals surface area (Å²) in [6.45, 7) is 0.149. The minimum Gasteiger partial charge on any atom is -0.493 e. The highest BCUT2D eigenvalue weighted by Gasteiger charge is 2.14. The number of carbonyl (C=O) groups is 2. The van der Waals surface area contributed by atoms with Crippen LogP contribution in [0.5, 0.6) is 11.5 Å². The Labute approximate surface area is 173 Å². The van der Waals surface area contributed by atoms with E-state index in [4.69, 9.17) is 32.7 Å². The second kappa shape index (κ2) is 10.1. The number of nitrogens with one attached hydrogen (secondary N) is 2. The maximum atomic E-state index is 12.2. The van der Waals surface area contributed by atoms with Crippen LogP contribution in [0.15, 0.2) is 36.4 Å². The summed E-state index contributed by atoms with van der Waals surface area (Å²) in [7, 11) is 4.62. The second-order valence-corrected chi connectivity index (χ2v) is 6.70. The molecular weight excluding hydrogens is 405 g/mol. The van der Waals surface area contributed by atoms with Crippen molar-refractivity contribution in [3.63, 3.8) is 0 Å². The molecule has 7 nitrogen and oxygen atoms in total. The summed E-state index contributed by atoms with van der Waals surface area (Å²) in [4.78, 5) is 25.6. The summed E-state index contributed by atoms with van der Waals surface area (Å²) < 4.78 is 10.4. The lowest BCUT2D eigenvalue weighted by Gasteiger charge is -2.18. The molecule has 3 amide bonds. The van der Waals surface area contributed by atoms with E-state index in [1.54, 1.807) is 44.6 Å². The Kier molecular flexibility index (Phi) is 7.78. The monoisotopic (exact) mass is 425 g/mol. The summed E-state index contributed by atoms with van der Waals surface area (Å²) in [5.41, 5.74) is 1.33. The molecule has 0 aromatic heterocycles. The van der Waals surface area contributed by atoms with E-state index in [9.17, 15) is 9.59 Å². The van der Waals surface area contributed by atoms with Gasteiger partial charge in [0.2, 0.25) is 5.91 Å². The predicted molar refractivity (Wildman–Crippen MR) is 110 cm³/mol. The summed E-state index contributed by atoms with van der Waals surface area (Å²) in [6.07, 6.45) is 0. The molecule has 0 aliphatic carbocycles. The van der Waals surface area contributed by atoms with Crippen LogP contribution < -0.4 is 20.1 Å². The average molecular weight is 426 g/mol. The maximum absolute atomic E-state index is 12.2. The minimum atomic E-state index is -0.390. The van der Waals surface area contributed by atoms with Crippen molar-refractivity contribution in [2.45, 2.75) is 6.54 Å². The average Bonchev–Trinajstić information content (AvgIpc) is 2.68. The topological polar surface area (TPSA) is 79.9 Å². The number of benzene rings is 2. The van der Waals surface area contributed by atoms with E-state index in [2.05, 4.69) is 10.6 Å². The van der Waals surface area contributed by atoms with Crippen LogP contribution in [-0.2, 0) is 11.3 Å². The van der Waals surface area contributed by atoms with Crippen LogP contribution >= 0.6 is 23.2 Å². The van der Waals surface area contributed by atoms with E-state index >= 15 is 0 Å². The fourth-order valence-corrected chi connectivity index (χ4v) is 2.66. The number of ether oxygens (including phenoxy) is 2. The highest BCUT2D eigenvalue weighted by Crippen LogP contribution is 2.27. The third-order valence-corrected chi connectivity index (χ3v) is 4.56. The molecule has 0 unspecified atom stereocenters. The minimum absolute atomic E-state index is 0.127. The number of likely N-dealkylation sites (N-methyl/N-ethyl adjacent to an activating group) is 1. The van der Waals surface area contributed by atoms with E-state index in [1.165, 1.54) is 11.9 Å². The molecular formula is C19H21Cl2N3O4. The van der Waals surface area contributed by atoms with Crippen LogP contribution in [0.1, 0.15) is 5.56 Å². The molecule has 2 rings (SSSR count). The Morgan fingerprint density at radius 1 is 1.00 bits per heavy atom. The van der Waals surface area contributed by atoms with E-state index in [0.717, 1.165) is 5.56 Å². The molecule has 0 aliphatic rings. The highest BCUT2D eigenvalue weighted by molar-refractivity contribution is 6.42. The summed E-state index contributed by atoms with van der Waals surface area (Å²) >= 11 is 11.8. The lowest BCUT2D eigenvalue weighted by Crippen LogP contribution is -2.41. The third kappa shape index (κ3) is 5.94. The Bertz CT molecular complexity index is 861. The van der Waals surface area contributed by atoms with E-state index in [1.807, 2.05) is 6.07 Å². The van der Waals surface area contributed by atoms with Crippen LogP contribution in [0.25, 0.3) is 0 Å². The third-order valence-electron chi connectivity index (χ3n) is 3.82. The van der Waals surface area contributed by atoms with Crippen molar-refractivity contribution in [2.75, 3.05) is 33.1 Å². The smallest absolute Gasteiger partial charge is 0.317 e. The number of carbonyl (C=O) groups excluding carboxylic acids is 2. The molecule has 0 bridgehead atoms. The van der Waals surface area contributed by atoms with E-state index in [0.29, 0.717) is 27.2 Å². The van der Waals surface area contributed by atoms with Crippen molar-refractivity contribution in [2.24, 2.45) is 0 Å². The molecule has 0 radical (unpaired) electrons. The number of halogens is 2. The predicted octanol–water partition coefficient (Wildman–Crippen LogP) is 3.79. The Morgan fingerprint density at radius 3 is 2.36 bits per heavy atom. The molecule has 0 heterocycles. The number of hydrogen-bond donors (Lipinski definition) is 2. The van der Waals surface area contributed by atoms with Crippen molar-refractivity contribution in [1.82, 2.24) is 10.2 Å². The second-order valence-electron chi connectivity index (χ2n) is 5.88. The molecule has 28 heavy (non-hydrogen) atoms. The van der Waals surface area contributed by atoms with Crippen molar-refractivity contribution in [3.8, 4) is 11.5 Å². The van der Waals surface area contributed by atoms with Gasteiger partial charge in [0.15, 0.2) is 11.5 Å². The molecule has 150 valence electrons. The molecule has 0 spiro atoms. The standard InChI is InChI=1S/C19H21Cl2N3O4/c1-24(11-18(25)23-13-5-6-14(20)15(21)9-13)19(26)22-10-12-4-7-16(27-2)17(8-12)28-3/h4-9H,10-11H2,1-3H3,(H,22,26)(H,23,25). The number of anilines is 1. The Balaban J connectivity index is 1.86. The van der Waals surface area contributed by atoms with Gasteiger partial charge in [0.05, 0.1) is 24.3 Å². The largest absolute Gasteiger partial charge is 0.493 e. The SMILES string of the molecule is COc1ccc(CNC(=O)N(C)CC(=O)Nc2ccc(Cl)c(Cl)c2)cc1OC. The lowest BCUT2D eigenvalue weighted by molar-refractivity contribution is -0.116. The first-order valence-corrected chi connectivity index (χ1v) is 9.04. The van der Waals surface area contributed by atoms with Gasteiger partial charge in [-0.3, -0.25) is 4.79 Å². The fraction of sp³-hybridized carbons (Fsp3) is 0.263. The zero-order valence-electron chi connectivity index (χ0n) is 15.7. The van der Waals surface area contributed by atoms with Gasteiger partial charge in [0.1, 0.15) is 6.54 Å². The van der Waals surface area contributed by atoms with Gasteiger partial charge in [0, 0.05) is 19.3 Å². The highest BCUT2D eigenvalue weighted by atomic mass is 35.5. The number of nitrogens with zero attached hydrogens (tertiary/aromatic N) is 1. The first kappa shape index (κ1) is 21.7. The molecule has 0 fully saturated rings. The van der Waals surface area contributed by atoms with Gasteiger partial charge in [-0.1, -0.05) is 29.3 Å². The normalized spacial score (nSPS) is 10.2. The summed E-state index contributed by atoms with van der Waals surface area (Å²) in [5.74, 6) is 0.819. The molecule has 0 saturated heterocycles. The number of hydrogen-bond acceptors (Lipinski definition) is 4. The van der Waals surface area contributed by atoms with Gasteiger partial charge >= 0.3 is 6.03 Å². The Morgan fingerprint density at radius 2 is 1.71 bits per heavy atom. The van der Waals surface area contributed by atoms with E-state index in [-0.39, 0.29) is 25.0 Å². The van der Waals surface area contributed by atoms with Crippen LogP contribution in [0.4, 0.5) is 10.5 Å². The zero-order chi connectivity index (χ0) is 20.7. The molecule has 9 heteroatoms. The van der Waals surface area contributed by atoms with Crippen LogP contribution in [-0.4, -0.2) is 44.7 Å². The number of rotatable bonds is 7. The van der Waals surface area contributed by atoms with Gasteiger partial charge < -0.3 is 25.0 Å². The molecule has 0 atom stereocenters. The van der Waals surface area contributed by atoms with Crippen LogP contribution in [0.3, 0.4) is 0 Å². The lowest BCUT2D eigenvalue weighted by atomic mass is 10.2. The zero-order valence-corrected chi connectivity index (χ0v) is 17.2. The van der Waals surface area contributed by atoms with Crippen molar-refractivity contribution in [1.29, 1.82) is 0 Å². The molecule has 2 aromatic rings. The molecule has 0 aliphatic heterocycles. The fourth-order valence-electron chi connectivity index (χ4n) is 2.36. The Hall–Kier alpha value is -2.64.